The summed E-state index contributed by atoms with van der Waals surface area (Å²) >= 11 is 0. The van der Waals surface area contributed by atoms with Gasteiger partial charge < -0.3 is 11.1 Å². The van der Waals surface area contributed by atoms with Crippen LogP contribution in [-0.4, -0.2) is 23.9 Å². The first-order valence-corrected chi connectivity index (χ1v) is 9.12. The van der Waals surface area contributed by atoms with Gasteiger partial charge in [0.1, 0.15) is 0 Å². The van der Waals surface area contributed by atoms with Crippen LogP contribution in [0.5, 0.6) is 0 Å². The fourth-order valence-corrected chi connectivity index (χ4v) is 3.21. The van der Waals surface area contributed by atoms with Gasteiger partial charge in [-0.25, -0.2) is 4.99 Å². The first-order valence-electron chi connectivity index (χ1n) is 9.12. The molecule has 1 aliphatic rings. The normalized spacial score (nSPS) is 16.8. The summed E-state index contributed by atoms with van der Waals surface area (Å²) in [7, 11) is 0. The highest BCUT2D eigenvalue weighted by Gasteiger charge is 2.16. The minimum atomic E-state index is 0.452. The summed E-state index contributed by atoms with van der Waals surface area (Å²) in [6.07, 6.45) is 2.60. The Kier molecular flexibility index (Phi) is 6.07. The largest absolute Gasteiger partial charge is 0.370 e. The summed E-state index contributed by atoms with van der Waals surface area (Å²) < 4.78 is 0. The fraction of sp³-hybridized carbons (Fsp3) is 0.381. The molecule has 0 saturated carbocycles. The molecule has 0 unspecified atom stereocenters. The Morgan fingerprint density at radius 1 is 1.04 bits per heavy atom. The molecule has 0 aromatic heterocycles. The number of hydrogen-bond acceptors (Lipinski definition) is 2. The van der Waals surface area contributed by atoms with E-state index >= 15 is 0 Å². The van der Waals surface area contributed by atoms with Crippen LogP contribution in [0.4, 0.5) is 5.69 Å². The SMILES string of the molecule is CC1CCN(Cc2ccccc2CN=C(N)Nc2ccccc2)CC1. The number of anilines is 1. The Labute approximate surface area is 150 Å². The van der Waals surface area contributed by atoms with Gasteiger partial charge in [-0.05, 0) is 55.1 Å². The lowest BCUT2D eigenvalue weighted by atomic mass is 9.98. The zero-order valence-corrected chi connectivity index (χ0v) is 15.0. The van der Waals surface area contributed by atoms with Crippen LogP contribution in [0, 0.1) is 5.92 Å². The number of guanidine groups is 1. The average molecular weight is 336 g/mol. The monoisotopic (exact) mass is 336 g/mol. The Morgan fingerprint density at radius 3 is 2.40 bits per heavy atom. The summed E-state index contributed by atoms with van der Waals surface area (Å²) in [6, 6.07) is 18.4. The summed E-state index contributed by atoms with van der Waals surface area (Å²) in [5.41, 5.74) is 9.59. The standard InChI is InChI=1S/C21H28N4/c1-17-11-13-25(14-12-17)16-19-8-6-5-7-18(19)15-23-21(22)24-20-9-3-2-4-10-20/h2-10,17H,11-16H2,1H3,(H3,22,23,24). The topological polar surface area (TPSA) is 53.6 Å². The molecular formula is C21H28N4. The number of rotatable bonds is 5. The Morgan fingerprint density at radius 2 is 1.68 bits per heavy atom. The van der Waals surface area contributed by atoms with E-state index in [0.717, 1.165) is 18.2 Å². The summed E-state index contributed by atoms with van der Waals surface area (Å²) in [4.78, 5) is 7.07. The zero-order chi connectivity index (χ0) is 17.5. The fourth-order valence-electron chi connectivity index (χ4n) is 3.21. The van der Waals surface area contributed by atoms with Crippen LogP contribution in [0.2, 0.25) is 0 Å². The van der Waals surface area contributed by atoms with Crippen molar-refractivity contribution in [3.63, 3.8) is 0 Å². The second kappa shape index (κ2) is 8.67. The highest BCUT2D eigenvalue weighted by Crippen LogP contribution is 2.20. The van der Waals surface area contributed by atoms with Crippen LogP contribution in [-0.2, 0) is 13.1 Å². The highest BCUT2D eigenvalue weighted by molar-refractivity contribution is 5.92. The maximum Gasteiger partial charge on any atom is 0.193 e. The van der Waals surface area contributed by atoms with E-state index in [9.17, 15) is 0 Å². The van der Waals surface area contributed by atoms with Gasteiger partial charge in [-0.15, -0.1) is 0 Å². The summed E-state index contributed by atoms with van der Waals surface area (Å²) in [5.74, 6) is 1.31. The molecular weight excluding hydrogens is 308 g/mol. The quantitative estimate of drug-likeness (QED) is 0.644. The summed E-state index contributed by atoms with van der Waals surface area (Å²) in [5, 5.41) is 3.14. The molecule has 0 atom stereocenters. The van der Waals surface area contributed by atoms with Gasteiger partial charge in [0.15, 0.2) is 5.96 Å². The number of nitrogens with zero attached hydrogens (tertiary/aromatic N) is 2. The van der Waals surface area contributed by atoms with Crippen LogP contribution in [0.15, 0.2) is 59.6 Å². The molecule has 1 aliphatic heterocycles. The van der Waals surface area contributed by atoms with E-state index in [1.807, 2.05) is 30.3 Å². The van der Waals surface area contributed by atoms with E-state index in [0.29, 0.717) is 12.5 Å². The predicted octanol–water partition coefficient (Wildman–Crippen LogP) is 3.85. The number of para-hydroxylation sites is 1. The van der Waals surface area contributed by atoms with Crippen LogP contribution in [0.1, 0.15) is 30.9 Å². The number of hydrogen-bond donors (Lipinski definition) is 2. The number of aliphatic imine (C=N–C) groups is 1. The molecule has 0 aliphatic carbocycles. The van der Waals surface area contributed by atoms with Gasteiger partial charge in [0.2, 0.25) is 0 Å². The van der Waals surface area contributed by atoms with Crippen molar-refractivity contribution in [3.8, 4) is 0 Å². The van der Waals surface area contributed by atoms with Gasteiger partial charge in [0.05, 0.1) is 6.54 Å². The molecule has 3 N–H and O–H groups in total. The first kappa shape index (κ1) is 17.5. The molecule has 2 aromatic rings. The van der Waals surface area contributed by atoms with E-state index in [2.05, 4.69) is 46.4 Å². The van der Waals surface area contributed by atoms with Crippen LogP contribution >= 0.6 is 0 Å². The highest BCUT2D eigenvalue weighted by atomic mass is 15.1. The smallest absolute Gasteiger partial charge is 0.193 e. The molecule has 0 bridgehead atoms. The predicted molar refractivity (Wildman–Crippen MR) is 106 cm³/mol. The molecule has 4 nitrogen and oxygen atoms in total. The van der Waals surface area contributed by atoms with Crippen molar-refractivity contribution in [2.24, 2.45) is 16.6 Å². The minimum absolute atomic E-state index is 0.452. The Balaban J connectivity index is 1.61. The lowest BCUT2D eigenvalue weighted by Crippen LogP contribution is -2.32. The maximum atomic E-state index is 6.03. The molecule has 0 amide bonds. The lowest BCUT2D eigenvalue weighted by Gasteiger charge is -2.30. The van der Waals surface area contributed by atoms with E-state index < -0.39 is 0 Å². The van der Waals surface area contributed by atoms with Crippen molar-refractivity contribution < 1.29 is 0 Å². The molecule has 0 spiro atoms. The van der Waals surface area contributed by atoms with Crippen molar-refractivity contribution >= 4 is 11.6 Å². The van der Waals surface area contributed by atoms with E-state index in [1.54, 1.807) is 0 Å². The summed E-state index contributed by atoms with van der Waals surface area (Å²) in [6.45, 7) is 6.34. The second-order valence-electron chi connectivity index (χ2n) is 6.92. The van der Waals surface area contributed by atoms with Gasteiger partial charge in [-0.2, -0.15) is 0 Å². The van der Waals surface area contributed by atoms with Crippen molar-refractivity contribution in [2.75, 3.05) is 18.4 Å². The zero-order valence-electron chi connectivity index (χ0n) is 15.0. The number of benzene rings is 2. The second-order valence-corrected chi connectivity index (χ2v) is 6.92. The van der Waals surface area contributed by atoms with E-state index in [1.165, 1.54) is 37.1 Å². The molecule has 3 rings (SSSR count). The third kappa shape index (κ3) is 5.33. The molecule has 1 fully saturated rings. The van der Waals surface area contributed by atoms with Gasteiger partial charge in [0, 0.05) is 12.2 Å². The third-order valence-electron chi connectivity index (χ3n) is 4.85. The van der Waals surface area contributed by atoms with Crippen molar-refractivity contribution in [1.29, 1.82) is 0 Å². The number of piperidine rings is 1. The molecule has 2 aromatic carbocycles. The first-order chi connectivity index (χ1) is 12.2. The molecule has 132 valence electrons. The van der Waals surface area contributed by atoms with Crippen LogP contribution < -0.4 is 11.1 Å². The number of nitrogens with one attached hydrogen (secondary N) is 1. The lowest BCUT2D eigenvalue weighted by molar-refractivity contribution is 0.185. The molecule has 1 heterocycles. The molecule has 1 saturated heterocycles. The van der Waals surface area contributed by atoms with Crippen molar-refractivity contribution in [3.05, 3.63) is 65.7 Å². The van der Waals surface area contributed by atoms with Gasteiger partial charge in [-0.3, -0.25) is 4.90 Å². The van der Waals surface area contributed by atoms with Crippen LogP contribution in [0.3, 0.4) is 0 Å². The van der Waals surface area contributed by atoms with Crippen molar-refractivity contribution in [1.82, 2.24) is 4.90 Å². The van der Waals surface area contributed by atoms with Gasteiger partial charge in [0.25, 0.3) is 0 Å². The van der Waals surface area contributed by atoms with Gasteiger partial charge >= 0.3 is 0 Å². The van der Waals surface area contributed by atoms with Gasteiger partial charge in [-0.1, -0.05) is 49.4 Å². The molecule has 25 heavy (non-hydrogen) atoms. The molecule has 4 heteroatoms. The minimum Gasteiger partial charge on any atom is -0.370 e. The van der Waals surface area contributed by atoms with E-state index in [4.69, 9.17) is 5.73 Å². The Hall–Kier alpha value is -2.33. The third-order valence-corrected chi connectivity index (χ3v) is 4.85. The van der Waals surface area contributed by atoms with E-state index in [-0.39, 0.29) is 0 Å². The average Bonchev–Trinajstić information content (AvgIpc) is 2.64. The van der Waals surface area contributed by atoms with Crippen LogP contribution in [0.25, 0.3) is 0 Å². The Bertz CT molecular complexity index is 688. The van der Waals surface area contributed by atoms with Crippen molar-refractivity contribution in [2.45, 2.75) is 32.9 Å². The maximum absolute atomic E-state index is 6.03. The molecule has 0 radical (unpaired) electrons. The number of nitrogens with two attached hydrogens (primary N) is 1. The number of likely N-dealkylation sites (tertiary alicyclic amines) is 1.